The van der Waals surface area contributed by atoms with Crippen molar-refractivity contribution in [3.05, 3.63) is 0 Å². The Hall–Kier alpha value is -0.350. The zero-order valence-electron chi connectivity index (χ0n) is 10.3. The van der Waals surface area contributed by atoms with Gasteiger partial charge >= 0.3 is 0 Å². The van der Waals surface area contributed by atoms with Crippen LogP contribution in [0.3, 0.4) is 0 Å². The number of rotatable bonds is 2. The van der Waals surface area contributed by atoms with Crippen molar-refractivity contribution in [1.82, 2.24) is 15.5 Å². The minimum absolute atomic E-state index is 0.582. The molecule has 0 saturated carbocycles. The van der Waals surface area contributed by atoms with E-state index in [2.05, 4.69) is 29.5 Å². The van der Waals surface area contributed by atoms with E-state index in [0.717, 1.165) is 23.7 Å². The highest BCUT2D eigenvalue weighted by atomic mass is 32.1. The van der Waals surface area contributed by atoms with E-state index < -0.39 is 0 Å². The molecule has 2 fully saturated rings. The second-order valence-electron chi connectivity index (χ2n) is 5.08. The Morgan fingerprint density at radius 2 is 1.94 bits per heavy atom. The van der Waals surface area contributed by atoms with Crippen LogP contribution in [0.25, 0.3) is 0 Å². The molecule has 0 aromatic heterocycles. The lowest BCUT2D eigenvalue weighted by Crippen LogP contribution is -2.56. The number of nitrogens with zero attached hydrogens (tertiary/aromatic N) is 1. The highest BCUT2D eigenvalue weighted by Gasteiger charge is 2.35. The molecule has 2 saturated heterocycles. The summed E-state index contributed by atoms with van der Waals surface area (Å²) in [6, 6.07) is 2.13. The summed E-state index contributed by atoms with van der Waals surface area (Å²) in [5.41, 5.74) is 0. The molecule has 0 spiro atoms. The van der Waals surface area contributed by atoms with Crippen LogP contribution >= 0.6 is 12.2 Å². The Bertz CT molecular complexity index is 243. The van der Waals surface area contributed by atoms with Crippen molar-refractivity contribution >= 4 is 17.3 Å². The van der Waals surface area contributed by atoms with Gasteiger partial charge in [-0.25, -0.2) is 0 Å². The number of piperidine rings is 2. The van der Waals surface area contributed by atoms with Crippen molar-refractivity contribution in [2.75, 3.05) is 13.6 Å². The molecule has 0 aromatic rings. The fourth-order valence-electron chi connectivity index (χ4n) is 3.13. The van der Waals surface area contributed by atoms with Crippen LogP contribution < -0.4 is 10.6 Å². The van der Waals surface area contributed by atoms with Crippen LogP contribution in [0.5, 0.6) is 0 Å². The van der Waals surface area contributed by atoms with Gasteiger partial charge in [0, 0.05) is 24.7 Å². The third kappa shape index (κ3) is 2.66. The van der Waals surface area contributed by atoms with Crippen LogP contribution in [0.2, 0.25) is 0 Å². The van der Waals surface area contributed by atoms with Crippen LogP contribution in [0, 0.1) is 0 Å². The molecule has 2 unspecified atom stereocenters. The fourth-order valence-corrected chi connectivity index (χ4v) is 3.44. The van der Waals surface area contributed by atoms with Crippen LogP contribution in [-0.2, 0) is 0 Å². The van der Waals surface area contributed by atoms with Crippen molar-refractivity contribution in [3.8, 4) is 0 Å². The normalized spacial score (nSPS) is 34.5. The molecule has 2 aliphatic heterocycles. The van der Waals surface area contributed by atoms with E-state index in [1.54, 1.807) is 0 Å². The molecule has 0 radical (unpaired) electrons. The SMILES string of the molecule is CCNC(=S)NC1CC2CCCC(C1)N2C. The molecular weight excluding hydrogens is 218 g/mol. The minimum Gasteiger partial charge on any atom is -0.363 e. The van der Waals surface area contributed by atoms with Gasteiger partial charge in [-0.3, -0.25) is 0 Å². The van der Waals surface area contributed by atoms with E-state index in [1.807, 2.05) is 0 Å². The van der Waals surface area contributed by atoms with Crippen LogP contribution in [0.1, 0.15) is 39.0 Å². The molecule has 2 aliphatic rings. The lowest BCUT2D eigenvalue weighted by molar-refractivity contribution is 0.0528. The molecule has 0 aliphatic carbocycles. The monoisotopic (exact) mass is 241 g/mol. The number of nitrogens with one attached hydrogen (secondary N) is 2. The van der Waals surface area contributed by atoms with Gasteiger partial charge in [-0.1, -0.05) is 6.42 Å². The molecule has 3 nitrogen and oxygen atoms in total. The second kappa shape index (κ2) is 5.32. The van der Waals surface area contributed by atoms with Crippen molar-refractivity contribution in [1.29, 1.82) is 0 Å². The summed E-state index contributed by atoms with van der Waals surface area (Å²) in [7, 11) is 2.29. The summed E-state index contributed by atoms with van der Waals surface area (Å²) in [5, 5.41) is 7.47. The maximum absolute atomic E-state index is 5.26. The molecule has 0 amide bonds. The quantitative estimate of drug-likeness (QED) is 0.716. The third-order valence-corrected chi connectivity index (χ3v) is 4.27. The smallest absolute Gasteiger partial charge is 0.166 e. The van der Waals surface area contributed by atoms with Gasteiger partial charge in [0.2, 0.25) is 0 Å². The van der Waals surface area contributed by atoms with Gasteiger partial charge in [0.1, 0.15) is 0 Å². The summed E-state index contributed by atoms with van der Waals surface area (Å²) in [4.78, 5) is 2.58. The highest BCUT2D eigenvalue weighted by Crippen LogP contribution is 2.32. The topological polar surface area (TPSA) is 27.3 Å². The molecular formula is C12H23N3S. The summed E-state index contributed by atoms with van der Waals surface area (Å²) < 4.78 is 0. The molecule has 2 rings (SSSR count). The van der Waals surface area contributed by atoms with Gasteiger partial charge in [-0.05, 0) is 51.9 Å². The summed E-state index contributed by atoms with van der Waals surface area (Å²) in [6.45, 7) is 2.99. The molecule has 2 heterocycles. The predicted molar refractivity (Wildman–Crippen MR) is 71.6 cm³/mol. The number of thiocarbonyl (C=S) groups is 1. The van der Waals surface area contributed by atoms with E-state index in [9.17, 15) is 0 Å². The predicted octanol–water partition coefficient (Wildman–Crippen LogP) is 1.49. The van der Waals surface area contributed by atoms with Crippen molar-refractivity contribution in [3.63, 3.8) is 0 Å². The van der Waals surface area contributed by atoms with Gasteiger partial charge in [0.15, 0.2) is 5.11 Å². The highest BCUT2D eigenvalue weighted by molar-refractivity contribution is 7.80. The number of hydrogen-bond donors (Lipinski definition) is 2. The van der Waals surface area contributed by atoms with E-state index in [0.29, 0.717) is 6.04 Å². The lowest BCUT2D eigenvalue weighted by Gasteiger charge is -2.47. The third-order valence-electron chi connectivity index (χ3n) is 4.01. The largest absolute Gasteiger partial charge is 0.363 e. The molecule has 0 aromatic carbocycles. The Morgan fingerprint density at radius 1 is 1.31 bits per heavy atom. The Morgan fingerprint density at radius 3 is 2.50 bits per heavy atom. The molecule has 16 heavy (non-hydrogen) atoms. The van der Waals surface area contributed by atoms with Crippen molar-refractivity contribution in [2.45, 2.75) is 57.2 Å². The summed E-state index contributed by atoms with van der Waals surface area (Å²) in [5.74, 6) is 0. The first-order chi connectivity index (χ1) is 7.70. The van der Waals surface area contributed by atoms with E-state index in [4.69, 9.17) is 12.2 Å². The molecule has 92 valence electrons. The maximum Gasteiger partial charge on any atom is 0.166 e. The van der Waals surface area contributed by atoms with Gasteiger partial charge in [-0.15, -0.1) is 0 Å². The average molecular weight is 241 g/mol. The molecule has 2 bridgehead atoms. The maximum atomic E-state index is 5.26. The van der Waals surface area contributed by atoms with Crippen molar-refractivity contribution < 1.29 is 0 Å². The molecule has 2 atom stereocenters. The first-order valence-corrected chi connectivity index (χ1v) is 6.87. The summed E-state index contributed by atoms with van der Waals surface area (Å²) in [6.07, 6.45) is 6.62. The standard InChI is InChI=1S/C12H23N3S/c1-3-13-12(16)14-9-7-10-5-4-6-11(8-9)15(10)2/h9-11H,3-8H2,1-2H3,(H2,13,14,16). The van der Waals surface area contributed by atoms with Crippen LogP contribution in [-0.4, -0.2) is 41.7 Å². The van der Waals surface area contributed by atoms with Crippen LogP contribution in [0.4, 0.5) is 0 Å². The second-order valence-corrected chi connectivity index (χ2v) is 5.48. The fraction of sp³-hybridized carbons (Fsp3) is 0.917. The number of hydrogen-bond acceptors (Lipinski definition) is 2. The first-order valence-electron chi connectivity index (χ1n) is 6.47. The van der Waals surface area contributed by atoms with E-state index in [-0.39, 0.29) is 0 Å². The van der Waals surface area contributed by atoms with Crippen molar-refractivity contribution in [2.24, 2.45) is 0 Å². The zero-order valence-corrected chi connectivity index (χ0v) is 11.1. The number of fused-ring (bicyclic) bond motifs is 2. The van der Waals surface area contributed by atoms with E-state index >= 15 is 0 Å². The molecule has 2 N–H and O–H groups in total. The average Bonchev–Trinajstić information content (AvgIpc) is 2.20. The summed E-state index contributed by atoms with van der Waals surface area (Å²) >= 11 is 5.26. The van der Waals surface area contributed by atoms with Gasteiger partial charge < -0.3 is 15.5 Å². The van der Waals surface area contributed by atoms with Gasteiger partial charge in [-0.2, -0.15) is 0 Å². The van der Waals surface area contributed by atoms with Crippen LogP contribution in [0.15, 0.2) is 0 Å². The molecule has 4 heteroatoms. The lowest BCUT2D eigenvalue weighted by atomic mass is 9.82. The Kier molecular flexibility index (Phi) is 4.03. The van der Waals surface area contributed by atoms with Gasteiger partial charge in [0.05, 0.1) is 0 Å². The minimum atomic E-state index is 0.582. The Labute approximate surface area is 104 Å². The first kappa shape index (κ1) is 12.1. The Balaban J connectivity index is 1.87. The van der Waals surface area contributed by atoms with E-state index in [1.165, 1.54) is 32.1 Å². The van der Waals surface area contributed by atoms with Gasteiger partial charge in [0.25, 0.3) is 0 Å². The zero-order chi connectivity index (χ0) is 11.5.